The maximum atomic E-state index is 13.2. The van der Waals surface area contributed by atoms with E-state index in [0.717, 1.165) is 13.1 Å². The average molecular weight is 348 g/mol. The Morgan fingerprint density at radius 2 is 1.69 bits per heavy atom. The van der Waals surface area contributed by atoms with Crippen LogP contribution in [0.1, 0.15) is 30.1 Å². The van der Waals surface area contributed by atoms with Gasteiger partial charge in [-0.05, 0) is 18.1 Å². The lowest BCUT2D eigenvalue weighted by Gasteiger charge is -2.29. The zero-order valence-corrected chi connectivity index (χ0v) is 15.0. The van der Waals surface area contributed by atoms with Crippen LogP contribution in [0.5, 0.6) is 0 Å². The van der Waals surface area contributed by atoms with E-state index in [-0.39, 0.29) is 30.0 Å². The van der Waals surface area contributed by atoms with Crippen molar-refractivity contribution in [1.82, 2.24) is 9.80 Å². The highest BCUT2D eigenvalue weighted by molar-refractivity contribution is 5.83. The summed E-state index contributed by atoms with van der Waals surface area (Å²) in [7, 11) is 0. The van der Waals surface area contributed by atoms with Gasteiger partial charge in [-0.1, -0.05) is 60.7 Å². The van der Waals surface area contributed by atoms with E-state index in [9.17, 15) is 4.79 Å². The van der Waals surface area contributed by atoms with Crippen molar-refractivity contribution in [3.63, 3.8) is 0 Å². The summed E-state index contributed by atoms with van der Waals surface area (Å²) >= 11 is 0. The second kappa shape index (κ2) is 6.22. The molecule has 0 spiro atoms. The third-order valence-electron chi connectivity index (χ3n) is 6.38. The predicted octanol–water partition coefficient (Wildman–Crippen LogP) is 3.24. The normalized spacial score (nSPS) is 31.9. The van der Waals surface area contributed by atoms with E-state index in [1.165, 1.54) is 11.1 Å². The molecule has 26 heavy (non-hydrogen) atoms. The van der Waals surface area contributed by atoms with Gasteiger partial charge in [-0.15, -0.1) is 0 Å². The first kappa shape index (κ1) is 16.0. The third kappa shape index (κ3) is 2.40. The molecule has 2 aromatic rings. The monoisotopic (exact) mass is 348 g/mol. The number of ether oxygens (including phenoxy) is 1. The highest BCUT2D eigenvalue weighted by Crippen LogP contribution is 2.47. The Balaban J connectivity index is 1.35. The highest BCUT2D eigenvalue weighted by Gasteiger charge is 2.58. The van der Waals surface area contributed by atoms with Gasteiger partial charge < -0.3 is 9.64 Å². The Morgan fingerprint density at radius 3 is 2.42 bits per heavy atom. The zero-order valence-electron chi connectivity index (χ0n) is 15.0. The Bertz CT molecular complexity index is 794. The first-order chi connectivity index (χ1) is 12.7. The van der Waals surface area contributed by atoms with Gasteiger partial charge in [0.05, 0.1) is 18.6 Å². The average Bonchev–Trinajstić information content (AvgIpc) is 3.37. The first-order valence-electron chi connectivity index (χ1n) is 9.52. The van der Waals surface area contributed by atoms with E-state index in [2.05, 4.69) is 48.2 Å². The number of fused-ring (bicyclic) bond motifs is 3. The molecule has 0 aliphatic carbocycles. The number of hydrogen-bond donors (Lipinski definition) is 0. The molecule has 5 atom stereocenters. The number of amides is 1. The SMILES string of the molecule is C[C@H](c1ccccc1)N1C[C@@H]2C3OC[C@H](c4ccccc4)N3C(=O)[C@@H]2C1. The minimum Gasteiger partial charge on any atom is -0.355 e. The third-order valence-corrected chi connectivity index (χ3v) is 6.38. The van der Waals surface area contributed by atoms with E-state index in [0.29, 0.717) is 12.6 Å². The lowest BCUT2D eigenvalue weighted by Crippen LogP contribution is -2.37. The maximum absolute atomic E-state index is 13.2. The van der Waals surface area contributed by atoms with Gasteiger partial charge in [-0.25, -0.2) is 0 Å². The van der Waals surface area contributed by atoms with Crippen molar-refractivity contribution in [2.45, 2.75) is 25.2 Å². The van der Waals surface area contributed by atoms with Crippen molar-refractivity contribution in [3.8, 4) is 0 Å². The van der Waals surface area contributed by atoms with E-state index in [1.807, 2.05) is 29.2 Å². The molecule has 4 heteroatoms. The van der Waals surface area contributed by atoms with E-state index < -0.39 is 0 Å². The molecule has 0 bridgehead atoms. The van der Waals surface area contributed by atoms with Crippen LogP contribution in [0.3, 0.4) is 0 Å². The van der Waals surface area contributed by atoms with Crippen LogP contribution in [0.15, 0.2) is 60.7 Å². The molecule has 5 rings (SSSR count). The molecule has 2 aromatic carbocycles. The second-order valence-electron chi connectivity index (χ2n) is 7.71. The predicted molar refractivity (Wildman–Crippen MR) is 99.2 cm³/mol. The Kier molecular flexibility index (Phi) is 3.84. The van der Waals surface area contributed by atoms with Gasteiger partial charge in [0.25, 0.3) is 0 Å². The van der Waals surface area contributed by atoms with Crippen molar-refractivity contribution in [2.24, 2.45) is 11.8 Å². The van der Waals surface area contributed by atoms with Crippen molar-refractivity contribution < 1.29 is 9.53 Å². The van der Waals surface area contributed by atoms with E-state index in [1.54, 1.807) is 0 Å². The first-order valence-corrected chi connectivity index (χ1v) is 9.52. The number of likely N-dealkylation sites (tertiary alicyclic amines) is 1. The van der Waals surface area contributed by atoms with Crippen LogP contribution in [0.4, 0.5) is 0 Å². The number of rotatable bonds is 3. The minimum absolute atomic E-state index is 0.0642. The summed E-state index contributed by atoms with van der Waals surface area (Å²) in [4.78, 5) is 17.6. The molecule has 3 heterocycles. The molecule has 1 unspecified atom stereocenters. The zero-order chi connectivity index (χ0) is 17.7. The van der Waals surface area contributed by atoms with Crippen LogP contribution in [0.2, 0.25) is 0 Å². The molecule has 0 N–H and O–H groups in total. The fourth-order valence-corrected chi connectivity index (χ4v) is 4.93. The molecule has 3 fully saturated rings. The van der Waals surface area contributed by atoms with Gasteiger partial charge in [0.1, 0.15) is 6.23 Å². The van der Waals surface area contributed by atoms with Gasteiger partial charge in [0.2, 0.25) is 5.91 Å². The summed E-state index contributed by atoms with van der Waals surface area (Å²) in [6, 6.07) is 21.2. The van der Waals surface area contributed by atoms with Crippen molar-refractivity contribution in [2.75, 3.05) is 19.7 Å². The number of carbonyl (C=O) groups is 1. The molecule has 0 saturated carbocycles. The van der Waals surface area contributed by atoms with Crippen LogP contribution in [-0.2, 0) is 9.53 Å². The van der Waals surface area contributed by atoms with Crippen LogP contribution < -0.4 is 0 Å². The van der Waals surface area contributed by atoms with Crippen molar-refractivity contribution >= 4 is 5.91 Å². The van der Waals surface area contributed by atoms with Crippen LogP contribution in [0, 0.1) is 11.8 Å². The van der Waals surface area contributed by atoms with Gasteiger partial charge in [0.15, 0.2) is 0 Å². The Morgan fingerprint density at radius 1 is 1.00 bits per heavy atom. The second-order valence-corrected chi connectivity index (χ2v) is 7.71. The van der Waals surface area contributed by atoms with Crippen LogP contribution >= 0.6 is 0 Å². The summed E-state index contributed by atoms with van der Waals surface area (Å²) in [6.45, 7) is 4.60. The number of hydrogen-bond acceptors (Lipinski definition) is 3. The Hall–Kier alpha value is -2.17. The summed E-state index contributed by atoms with van der Waals surface area (Å²) in [5.41, 5.74) is 2.49. The molecule has 0 radical (unpaired) electrons. The smallest absolute Gasteiger partial charge is 0.230 e. The minimum atomic E-state index is -0.0642. The highest BCUT2D eigenvalue weighted by atomic mass is 16.5. The molecule has 3 aliphatic rings. The molecule has 134 valence electrons. The molecule has 0 aromatic heterocycles. The summed E-state index contributed by atoms with van der Waals surface area (Å²) in [5.74, 6) is 0.620. The van der Waals surface area contributed by atoms with Gasteiger partial charge in [0, 0.05) is 25.0 Å². The fourth-order valence-electron chi connectivity index (χ4n) is 4.93. The number of benzene rings is 2. The largest absolute Gasteiger partial charge is 0.355 e. The molecule has 4 nitrogen and oxygen atoms in total. The van der Waals surface area contributed by atoms with Crippen LogP contribution in [-0.4, -0.2) is 41.6 Å². The molecule has 1 amide bonds. The fraction of sp³-hybridized carbons (Fsp3) is 0.409. The molecular weight excluding hydrogens is 324 g/mol. The topological polar surface area (TPSA) is 32.8 Å². The number of carbonyl (C=O) groups excluding carboxylic acids is 1. The van der Waals surface area contributed by atoms with E-state index >= 15 is 0 Å². The quantitative estimate of drug-likeness (QED) is 0.854. The van der Waals surface area contributed by atoms with Crippen molar-refractivity contribution in [1.29, 1.82) is 0 Å². The Labute approximate surface area is 154 Å². The maximum Gasteiger partial charge on any atom is 0.230 e. The summed E-state index contributed by atoms with van der Waals surface area (Å²) in [5, 5.41) is 0. The van der Waals surface area contributed by atoms with Gasteiger partial charge in [-0.3, -0.25) is 9.69 Å². The summed E-state index contributed by atoms with van der Waals surface area (Å²) in [6.07, 6.45) is -0.0642. The standard InChI is InChI=1S/C22H24N2O2/c1-15(16-8-4-2-5-9-16)23-12-18-19(13-23)22-24(21(18)25)20(14-26-22)17-10-6-3-7-11-17/h2-11,15,18-20,22H,12-14H2,1H3/t15-,18-,19+,20-,22?/m1/s1. The molecule has 3 aliphatic heterocycles. The van der Waals surface area contributed by atoms with Crippen molar-refractivity contribution in [3.05, 3.63) is 71.8 Å². The molecular formula is C22H24N2O2. The summed E-state index contributed by atoms with van der Waals surface area (Å²) < 4.78 is 6.14. The molecule has 3 saturated heterocycles. The van der Waals surface area contributed by atoms with E-state index in [4.69, 9.17) is 4.74 Å². The lowest BCUT2D eigenvalue weighted by atomic mass is 9.99. The van der Waals surface area contributed by atoms with Gasteiger partial charge in [-0.2, -0.15) is 0 Å². The van der Waals surface area contributed by atoms with Crippen LogP contribution in [0.25, 0.3) is 0 Å². The van der Waals surface area contributed by atoms with Gasteiger partial charge >= 0.3 is 0 Å². The lowest BCUT2D eigenvalue weighted by molar-refractivity contribution is -0.134. The number of nitrogens with zero attached hydrogens (tertiary/aromatic N) is 2.